The van der Waals surface area contributed by atoms with E-state index in [-0.39, 0.29) is 5.97 Å². The molecule has 1 atom stereocenters. The molecule has 1 aromatic heterocycles. The second-order valence-electron chi connectivity index (χ2n) is 8.58. The first-order valence-electron chi connectivity index (χ1n) is 10.7. The molecule has 3 aliphatic rings. The van der Waals surface area contributed by atoms with Gasteiger partial charge in [0.15, 0.2) is 0 Å². The van der Waals surface area contributed by atoms with Crippen LogP contribution in [-0.2, 0) is 22.5 Å². The zero-order chi connectivity index (χ0) is 18.4. The van der Waals surface area contributed by atoms with E-state index < -0.39 is 0 Å². The minimum atomic E-state index is -0.119. The van der Waals surface area contributed by atoms with E-state index in [1.165, 1.54) is 68.7 Å². The Bertz CT molecular complexity index is 863. The maximum Gasteiger partial charge on any atom is 0.319 e. The SMILES string of the molecule is COC(=O)CN1CCn2c3c(c4cc(C5CCCCC5)ccc42)CCC[C@H]31. The number of hydrogen-bond acceptors (Lipinski definition) is 3. The molecule has 27 heavy (non-hydrogen) atoms. The van der Waals surface area contributed by atoms with Crippen LogP contribution < -0.4 is 0 Å². The largest absolute Gasteiger partial charge is 0.468 e. The number of aromatic nitrogens is 1. The van der Waals surface area contributed by atoms with E-state index in [9.17, 15) is 4.79 Å². The van der Waals surface area contributed by atoms with E-state index in [4.69, 9.17) is 4.74 Å². The number of carbonyl (C=O) groups excluding carboxylic acids is 1. The normalized spacial score (nSPS) is 23.4. The molecule has 1 aromatic carbocycles. The third kappa shape index (κ3) is 2.89. The zero-order valence-corrected chi connectivity index (χ0v) is 16.4. The molecule has 1 fully saturated rings. The number of ether oxygens (including phenoxy) is 1. The van der Waals surface area contributed by atoms with Crippen molar-refractivity contribution >= 4 is 16.9 Å². The number of esters is 1. The van der Waals surface area contributed by atoms with Crippen molar-refractivity contribution in [2.45, 2.75) is 69.9 Å². The molecule has 4 nitrogen and oxygen atoms in total. The van der Waals surface area contributed by atoms with Crippen LogP contribution >= 0.6 is 0 Å². The van der Waals surface area contributed by atoms with E-state index >= 15 is 0 Å². The molecule has 2 heterocycles. The summed E-state index contributed by atoms with van der Waals surface area (Å²) in [5, 5.41) is 1.48. The maximum absolute atomic E-state index is 11.9. The summed E-state index contributed by atoms with van der Waals surface area (Å²) in [5.41, 5.74) is 5.99. The molecule has 2 aromatic rings. The number of aryl methyl sites for hydroxylation is 1. The number of carbonyl (C=O) groups is 1. The van der Waals surface area contributed by atoms with Gasteiger partial charge in [0.1, 0.15) is 0 Å². The maximum atomic E-state index is 11.9. The number of rotatable bonds is 3. The Balaban J connectivity index is 1.55. The van der Waals surface area contributed by atoms with Crippen LogP contribution in [0.25, 0.3) is 10.9 Å². The van der Waals surface area contributed by atoms with Crippen molar-refractivity contribution in [1.29, 1.82) is 0 Å². The van der Waals surface area contributed by atoms with Crippen LogP contribution in [-0.4, -0.2) is 35.6 Å². The lowest BCUT2D eigenvalue weighted by atomic mass is 9.83. The Labute approximate surface area is 161 Å². The number of nitrogens with zero attached hydrogens (tertiary/aromatic N) is 2. The van der Waals surface area contributed by atoms with Crippen LogP contribution in [0.3, 0.4) is 0 Å². The summed E-state index contributed by atoms with van der Waals surface area (Å²) in [6, 6.07) is 7.65. The summed E-state index contributed by atoms with van der Waals surface area (Å²) in [5.74, 6) is 0.633. The lowest BCUT2D eigenvalue weighted by Gasteiger charge is -2.39. The van der Waals surface area contributed by atoms with Gasteiger partial charge in [0, 0.05) is 29.7 Å². The first-order chi connectivity index (χ1) is 13.3. The smallest absolute Gasteiger partial charge is 0.319 e. The number of hydrogen-bond donors (Lipinski definition) is 0. The Hall–Kier alpha value is -1.81. The molecular formula is C23H30N2O2. The number of fused-ring (bicyclic) bond motifs is 3. The molecule has 5 rings (SSSR count). The van der Waals surface area contributed by atoms with E-state index in [2.05, 4.69) is 27.7 Å². The highest BCUT2D eigenvalue weighted by Crippen LogP contribution is 2.43. The summed E-state index contributed by atoms with van der Waals surface area (Å²) in [4.78, 5) is 14.2. The summed E-state index contributed by atoms with van der Waals surface area (Å²) in [6.07, 6.45) is 10.4. The van der Waals surface area contributed by atoms with Crippen LogP contribution in [0.4, 0.5) is 0 Å². The van der Waals surface area contributed by atoms with Crippen molar-refractivity contribution in [3.05, 3.63) is 35.0 Å². The Morgan fingerprint density at radius 1 is 1.11 bits per heavy atom. The predicted octanol–water partition coefficient (Wildman–Crippen LogP) is 4.56. The van der Waals surface area contributed by atoms with Crippen LogP contribution in [0, 0.1) is 0 Å². The predicted molar refractivity (Wildman–Crippen MR) is 107 cm³/mol. The minimum Gasteiger partial charge on any atom is -0.468 e. The Morgan fingerprint density at radius 3 is 2.78 bits per heavy atom. The van der Waals surface area contributed by atoms with Gasteiger partial charge in [0.05, 0.1) is 19.7 Å². The quantitative estimate of drug-likeness (QED) is 0.747. The fourth-order valence-electron chi connectivity index (χ4n) is 5.80. The van der Waals surface area contributed by atoms with Crippen LogP contribution in [0.1, 0.15) is 73.7 Å². The lowest BCUT2D eigenvalue weighted by Crippen LogP contribution is -2.42. The van der Waals surface area contributed by atoms with Gasteiger partial charge in [-0.15, -0.1) is 0 Å². The molecule has 144 valence electrons. The highest BCUT2D eigenvalue weighted by atomic mass is 16.5. The van der Waals surface area contributed by atoms with Crippen molar-refractivity contribution in [3.63, 3.8) is 0 Å². The number of benzene rings is 1. The standard InChI is InChI=1S/C23H30N2O2/c1-27-22(26)15-24-12-13-25-20-11-10-17(16-6-3-2-4-7-16)14-19(20)18-8-5-9-21(24)23(18)25/h10-11,14,16,21H,2-9,12-13,15H2,1H3/t21-/m1/s1. The fraction of sp³-hybridized carbons (Fsp3) is 0.609. The first kappa shape index (κ1) is 17.3. The summed E-state index contributed by atoms with van der Waals surface area (Å²) < 4.78 is 7.48. The summed E-state index contributed by atoms with van der Waals surface area (Å²) in [6.45, 7) is 2.32. The van der Waals surface area contributed by atoms with Crippen molar-refractivity contribution in [3.8, 4) is 0 Å². The molecule has 0 unspecified atom stereocenters. The van der Waals surface area contributed by atoms with Gasteiger partial charge < -0.3 is 9.30 Å². The van der Waals surface area contributed by atoms with E-state index in [0.717, 1.165) is 25.4 Å². The topological polar surface area (TPSA) is 34.5 Å². The summed E-state index contributed by atoms with van der Waals surface area (Å²) in [7, 11) is 1.49. The molecule has 0 amide bonds. The average molecular weight is 367 g/mol. The van der Waals surface area contributed by atoms with Gasteiger partial charge in [-0.3, -0.25) is 9.69 Å². The van der Waals surface area contributed by atoms with Gasteiger partial charge in [-0.2, -0.15) is 0 Å². The van der Waals surface area contributed by atoms with E-state index in [1.54, 1.807) is 11.1 Å². The Morgan fingerprint density at radius 2 is 1.96 bits per heavy atom. The molecule has 4 heteroatoms. The highest BCUT2D eigenvalue weighted by Gasteiger charge is 2.35. The third-order valence-electron chi connectivity index (χ3n) is 7.14. The first-order valence-corrected chi connectivity index (χ1v) is 10.7. The molecule has 0 bridgehead atoms. The van der Waals surface area contributed by atoms with Crippen molar-refractivity contribution in [1.82, 2.24) is 9.47 Å². The van der Waals surface area contributed by atoms with Crippen molar-refractivity contribution < 1.29 is 9.53 Å². The van der Waals surface area contributed by atoms with Gasteiger partial charge in [-0.1, -0.05) is 25.3 Å². The van der Waals surface area contributed by atoms with Gasteiger partial charge in [0.25, 0.3) is 0 Å². The van der Waals surface area contributed by atoms with E-state index in [0.29, 0.717) is 12.6 Å². The second kappa shape index (κ2) is 6.97. The van der Waals surface area contributed by atoms with Crippen molar-refractivity contribution in [2.24, 2.45) is 0 Å². The Kier molecular flexibility index (Phi) is 4.47. The number of methoxy groups -OCH3 is 1. The average Bonchev–Trinajstić information content (AvgIpc) is 3.05. The van der Waals surface area contributed by atoms with Gasteiger partial charge in [0.2, 0.25) is 0 Å². The molecule has 0 radical (unpaired) electrons. The third-order valence-corrected chi connectivity index (χ3v) is 7.14. The molecule has 0 spiro atoms. The van der Waals surface area contributed by atoms with Crippen LogP contribution in [0.2, 0.25) is 0 Å². The van der Waals surface area contributed by atoms with Crippen molar-refractivity contribution in [2.75, 3.05) is 20.2 Å². The van der Waals surface area contributed by atoms with Crippen LogP contribution in [0.15, 0.2) is 18.2 Å². The van der Waals surface area contributed by atoms with E-state index in [1.807, 2.05) is 0 Å². The lowest BCUT2D eigenvalue weighted by molar-refractivity contribution is -0.143. The molecule has 2 aliphatic carbocycles. The van der Waals surface area contributed by atoms with Crippen LogP contribution in [0.5, 0.6) is 0 Å². The van der Waals surface area contributed by atoms with Gasteiger partial charge in [-0.25, -0.2) is 0 Å². The molecule has 1 aliphatic heterocycles. The molecule has 0 N–H and O–H groups in total. The molecule has 1 saturated carbocycles. The monoisotopic (exact) mass is 366 g/mol. The molecule has 0 saturated heterocycles. The minimum absolute atomic E-state index is 0.119. The molecular weight excluding hydrogens is 336 g/mol. The second-order valence-corrected chi connectivity index (χ2v) is 8.58. The summed E-state index contributed by atoms with van der Waals surface area (Å²) >= 11 is 0. The zero-order valence-electron chi connectivity index (χ0n) is 16.4. The van der Waals surface area contributed by atoms with Gasteiger partial charge in [-0.05, 0) is 61.3 Å². The fourth-order valence-corrected chi connectivity index (χ4v) is 5.80. The van der Waals surface area contributed by atoms with Gasteiger partial charge >= 0.3 is 5.97 Å². The highest BCUT2D eigenvalue weighted by molar-refractivity contribution is 5.87.